The number of benzene rings is 1. The Bertz CT molecular complexity index is 480. The third-order valence-electron chi connectivity index (χ3n) is 2.25. The van der Waals surface area contributed by atoms with Gasteiger partial charge in [-0.15, -0.1) is 0 Å². The molecule has 0 spiro atoms. The van der Waals surface area contributed by atoms with E-state index in [1.807, 2.05) is 18.2 Å². The number of aliphatic hydroxyl groups is 1. The van der Waals surface area contributed by atoms with Gasteiger partial charge in [0.2, 0.25) is 0 Å². The van der Waals surface area contributed by atoms with Crippen LogP contribution in [0.4, 0.5) is 0 Å². The highest BCUT2D eigenvalue weighted by atomic mass is 35.5. The van der Waals surface area contributed by atoms with E-state index in [4.69, 9.17) is 16.0 Å². The zero-order valence-electron chi connectivity index (χ0n) is 8.75. The molecule has 2 aromatic rings. The van der Waals surface area contributed by atoms with Gasteiger partial charge < -0.3 is 9.52 Å². The van der Waals surface area contributed by atoms with Gasteiger partial charge in [0.15, 0.2) is 0 Å². The van der Waals surface area contributed by atoms with Crippen LogP contribution in [0.5, 0.6) is 0 Å². The Morgan fingerprint density at radius 3 is 2.80 bits per heavy atom. The van der Waals surface area contributed by atoms with Crippen LogP contribution in [-0.2, 0) is 6.42 Å². The van der Waals surface area contributed by atoms with Gasteiger partial charge in [-0.2, -0.15) is 0 Å². The molecule has 0 fully saturated rings. The van der Waals surface area contributed by atoms with Crippen molar-refractivity contribution in [2.24, 2.45) is 0 Å². The molecule has 0 bridgehead atoms. The maximum Gasteiger partial charge on any atom is 0.135 e. The number of furan rings is 1. The molecule has 2 rings (SSSR count). The molecule has 2 nitrogen and oxygen atoms in total. The Morgan fingerprint density at radius 1 is 1.40 bits per heavy atom. The summed E-state index contributed by atoms with van der Waals surface area (Å²) in [7, 11) is 0. The van der Waals surface area contributed by atoms with E-state index in [2.05, 4.69) is 0 Å². The summed E-state index contributed by atoms with van der Waals surface area (Å²) in [5.41, 5.74) is 0.959. The summed E-state index contributed by atoms with van der Waals surface area (Å²) in [6, 6.07) is 5.55. The minimum Gasteiger partial charge on any atom is -0.464 e. The molecule has 1 aromatic heterocycles. The van der Waals surface area contributed by atoms with Crippen LogP contribution in [0.15, 0.2) is 28.9 Å². The summed E-state index contributed by atoms with van der Waals surface area (Å²) in [5, 5.41) is 11.3. The molecule has 0 atom stereocenters. The van der Waals surface area contributed by atoms with Gasteiger partial charge in [-0.05, 0) is 26.0 Å². The van der Waals surface area contributed by atoms with Crippen LogP contribution in [0.25, 0.3) is 11.0 Å². The second-order valence-corrected chi connectivity index (χ2v) is 4.77. The highest BCUT2D eigenvalue weighted by Crippen LogP contribution is 2.30. The Labute approximate surface area is 93.5 Å². The summed E-state index contributed by atoms with van der Waals surface area (Å²) < 4.78 is 5.38. The van der Waals surface area contributed by atoms with Crippen molar-refractivity contribution in [3.63, 3.8) is 0 Å². The fraction of sp³-hybridized carbons (Fsp3) is 0.333. The second kappa shape index (κ2) is 3.54. The van der Waals surface area contributed by atoms with Crippen molar-refractivity contribution in [2.45, 2.75) is 25.9 Å². The molecular weight excluding hydrogens is 212 g/mol. The van der Waals surface area contributed by atoms with Crippen molar-refractivity contribution in [3.8, 4) is 0 Å². The Kier molecular flexibility index (Phi) is 2.49. The van der Waals surface area contributed by atoms with Gasteiger partial charge in [-0.3, -0.25) is 0 Å². The molecule has 0 aliphatic carbocycles. The number of rotatable bonds is 2. The molecule has 0 aliphatic heterocycles. The molecule has 0 unspecified atom stereocenters. The van der Waals surface area contributed by atoms with Crippen molar-refractivity contribution >= 4 is 22.6 Å². The van der Waals surface area contributed by atoms with Crippen LogP contribution >= 0.6 is 11.6 Å². The fourth-order valence-corrected chi connectivity index (χ4v) is 1.99. The monoisotopic (exact) mass is 224 g/mol. The molecule has 1 aromatic carbocycles. The average molecular weight is 225 g/mol. The summed E-state index contributed by atoms with van der Waals surface area (Å²) in [4.78, 5) is 0. The van der Waals surface area contributed by atoms with Gasteiger partial charge in [-0.1, -0.05) is 17.7 Å². The van der Waals surface area contributed by atoms with Gasteiger partial charge in [0.1, 0.15) is 5.58 Å². The largest absolute Gasteiger partial charge is 0.464 e. The smallest absolute Gasteiger partial charge is 0.135 e. The topological polar surface area (TPSA) is 33.4 Å². The maximum absolute atomic E-state index is 9.76. The molecule has 3 heteroatoms. The van der Waals surface area contributed by atoms with Crippen molar-refractivity contribution in [1.29, 1.82) is 0 Å². The predicted molar refractivity (Wildman–Crippen MR) is 61.2 cm³/mol. The van der Waals surface area contributed by atoms with E-state index in [0.717, 1.165) is 16.5 Å². The molecule has 1 heterocycles. The Balaban J connectivity index is 2.53. The summed E-state index contributed by atoms with van der Waals surface area (Å²) >= 11 is 6.09. The van der Waals surface area contributed by atoms with E-state index in [-0.39, 0.29) is 0 Å². The first kappa shape index (κ1) is 10.5. The van der Waals surface area contributed by atoms with Crippen LogP contribution < -0.4 is 0 Å². The van der Waals surface area contributed by atoms with Crippen molar-refractivity contribution in [1.82, 2.24) is 0 Å². The van der Waals surface area contributed by atoms with Gasteiger partial charge in [0.25, 0.3) is 0 Å². The van der Waals surface area contributed by atoms with Gasteiger partial charge in [0, 0.05) is 17.4 Å². The van der Waals surface area contributed by atoms with Crippen molar-refractivity contribution in [3.05, 3.63) is 35.0 Å². The SMILES string of the molecule is CC(C)(O)Cc1coc2cccc(Cl)c12. The molecule has 0 aliphatic rings. The van der Waals surface area contributed by atoms with Crippen LogP contribution in [0, 0.1) is 0 Å². The van der Waals surface area contributed by atoms with E-state index in [1.54, 1.807) is 20.1 Å². The maximum atomic E-state index is 9.76. The number of fused-ring (bicyclic) bond motifs is 1. The summed E-state index contributed by atoms with van der Waals surface area (Å²) in [6.07, 6.45) is 2.19. The number of hydrogen-bond donors (Lipinski definition) is 1. The summed E-state index contributed by atoms with van der Waals surface area (Å²) in [6.45, 7) is 3.53. The van der Waals surface area contributed by atoms with Crippen molar-refractivity contribution < 1.29 is 9.52 Å². The Hall–Kier alpha value is -0.990. The number of hydrogen-bond acceptors (Lipinski definition) is 2. The normalized spacial score (nSPS) is 12.3. The van der Waals surface area contributed by atoms with Crippen LogP contribution in [0.1, 0.15) is 19.4 Å². The lowest BCUT2D eigenvalue weighted by Gasteiger charge is -2.15. The molecule has 0 amide bonds. The highest BCUT2D eigenvalue weighted by Gasteiger charge is 2.18. The molecule has 1 N–H and O–H groups in total. The van der Waals surface area contributed by atoms with E-state index in [0.29, 0.717) is 11.4 Å². The van der Waals surface area contributed by atoms with Gasteiger partial charge >= 0.3 is 0 Å². The first-order chi connectivity index (χ1) is 6.97. The standard InChI is InChI=1S/C12H13ClO2/c1-12(2,14)6-8-7-15-10-5-3-4-9(13)11(8)10/h3-5,7,14H,6H2,1-2H3. The molecule has 0 saturated heterocycles. The average Bonchev–Trinajstić information content (AvgIpc) is 2.47. The Morgan fingerprint density at radius 2 is 2.13 bits per heavy atom. The predicted octanol–water partition coefficient (Wildman–Crippen LogP) is 3.40. The third kappa shape index (κ3) is 2.16. The number of halogens is 1. The second-order valence-electron chi connectivity index (χ2n) is 4.36. The van der Waals surface area contributed by atoms with Crippen LogP contribution in [0.2, 0.25) is 5.02 Å². The lowest BCUT2D eigenvalue weighted by atomic mass is 9.98. The lowest BCUT2D eigenvalue weighted by Crippen LogP contribution is -2.21. The zero-order valence-corrected chi connectivity index (χ0v) is 9.51. The first-order valence-electron chi connectivity index (χ1n) is 4.84. The molecule has 0 saturated carbocycles. The van der Waals surface area contributed by atoms with Crippen molar-refractivity contribution in [2.75, 3.05) is 0 Å². The minimum absolute atomic E-state index is 0.531. The highest BCUT2D eigenvalue weighted by molar-refractivity contribution is 6.35. The van der Waals surface area contributed by atoms with E-state index < -0.39 is 5.60 Å². The van der Waals surface area contributed by atoms with E-state index in [1.165, 1.54) is 0 Å². The van der Waals surface area contributed by atoms with Crippen LogP contribution in [-0.4, -0.2) is 10.7 Å². The first-order valence-corrected chi connectivity index (χ1v) is 5.22. The quantitative estimate of drug-likeness (QED) is 0.848. The van der Waals surface area contributed by atoms with E-state index >= 15 is 0 Å². The van der Waals surface area contributed by atoms with Crippen LogP contribution in [0.3, 0.4) is 0 Å². The van der Waals surface area contributed by atoms with E-state index in [9.17, 15) is 5.11 Å². The molecular formula is C12H13ClO2. The molecule has 15 heavy (non-hydrogen) atoms. The zero-order chi connectivity index (χ0) is 11.1. The van der Waals surface area contributed by atoms with Gasteiger partial charge in [-0.25, -0.2) is 0 Å². The summed E-state index contributed by atoms with van der Waals surface area (Å²) in [5.74, 6) is 0. The lowest BCUT2D eigenvalue weighted by molar-refractivity contribution is 0.0811. The fourth-order valence-electron chi connectivity index (χ4n) is 1.70. The third-order valence-corrected chi connectivity index (χ3v) is 2.56. The molecule has 0 radical (unpaired) electrons. The minimum atomic E-state index is -0.754. The van der Waals surface area contributed by atoms with Gasteiger partial charge in [0.05, 0.1) is 16.9 Å². The molecule has 80 valence electrons.